The molecule has 0 saturated heterocycles. The minimum atomic E-state index is 0.435. The zero-order valence-corrected chi connectivity index (χ0v) is 10.6. The van der Waals surface area contributed by atoms with Crippen LogP contribution >= 0.6 is 12.2 Å². The first kappa shape index (κ1) is 11.0. The predicted molar refractivity (Wildman–Crippen MR) is 75.8 cm³/mol. The minimum Gasteiger partial charge on any atom is -0.486 e. The monoisotopic (exact) mass is 254 g/mol. The Kier molecular flexibility index (Phi) is 2.64. The highest BCUT2D eigenvalue weighted by Crippen LogP contribution is 2.20. The zero-order chi connectivity index (χ0) is 12.5. The van der Waals surface area contributed by atoms with E-state index in [0.717, 1.165) is 27.6 Å². The summed E-state index contributed by atoms with van der Waals surface area (Å²) in [7, 11) is 1.57. The van der Waals surface area contributed by atoms with E-state index < -0.39 is 0 Å². The van der Waals surface area contributed by atoms with Crippen molar-refractivity contribution in [1.82, 2.24) is 9.97 Å². The first-order valence-electron chi connectivity index (χ1n) is 5.53. The van der Waals surface area contributed by atoms with E-state index in [9.17, 15) is 0 Å². The van der Waals surface area contributed by atoms with Gasteiger partial charge in [0.25, 0.3) is 0 Å². The Morgan fingerprint density at radius 1 is 0.944 bits per heavy atom. The number of para-hydroxylation sites is 3. The zero-order valence-electron chi connectivity index (χ0n) is 9.75. The van der Waals surface area contributed by atoms with Crippen LogP contribution in [0.4, 0.5) is 0 Å². The average molecular weight is 254 g/mol. The molecular formula is C14H10N2OS. The van der Waals surface area contributed by atoms with Crippen molar-refractivity contribution in [2.75, 3.05) is 7.11 Å². The van der Waals surface area contributed by atoms with Crippen molar-refractivity contribution < 1.29 is 4.74 Å². The summed E-state index contributed by atoms with van der Waals surface area (Å²) in [6.07, 6.45) is 0. The van der Waals surface area contributed by atoms with Gasteiger partial charge >= 0.3 is 0 Å². The first-order valence-corrected chi connectivity index (χ1v) is 5.94. The molecule has 4 heteroatoms. The molecule has 3 aromatic rings. The van der Waals surface area contributed by atoms with Gasteiger partial charge in [0.05, 0.1) is 29.2 Å². The van der Waals surface area contributed by atoms with Gasteiger partial charge in [-0.3, -0.25) is 0 Å². The summed E-state index contributed by atoms with van der Waals surface area (Å²) >= 11 is 5.18. The Morgan fingerprint density at radius 3 is 2.33 bits per heavy atom. The molecule has 0 bridgehead atoms. The molecule has 0 fully saturated rings. The lowest BCUT2D eigenvalue weighted by Gasteiger charge is -2.06. The standard InChI is InChI=1S/C14H10N2OS/c1-17-14(18)9-5-4-8-12-13(9)16-11-7-3-2-6-10(11)15-12/h2-8H,1H3. The van der Waals surface area contributed by atoms with E-state index in [0.29, 0.717) is 5.05 Å². The number of hydrogen-bond acceptors (Lipinski definition) is 4. The number of fused-ring (bicyclic) bond motifs is 2. The van der Waals surface area contributed by atoms with Gasteiger partial charge in [-0.25, -0.2) is 9.97 Å². The van der Waals surface area contributed by atoms with Crippen LogP contribution < -0.4 is 0 Å². The van der Waals surface area contributed by atoms with Crippen LogP contribution in [0.25, 0.3) is 22.1 Å². The molecule has 0 aliphatic rings. The largest absolute Gasteiger partial charge is 0.486 e. The molecule has 0 spiro atoms. The summed E-state index contributed by atoms with van der Waals surface area (Å²) in [5.74, 6) is 0. The fourth-order valence-electron chi connectivity index (χ4n) is 1.92. The van der Waals surface area contributed by atoms with Crippen molar-refractivity contribution in [1.29, 1.82) is 0 Å². The van der Waals surface area contributed by atoms with E-state index in [2.05, 4.69) is 9.97 Å². The average Bonchev–Trinajstić information content (AvgIpc) is 2.43. The number of aromatic nitrogens is 2. The number of ether oxygens (including phenoxy) is 1. The fraction of sp³-hybridized carbons (Fsp3) is 0.0714. The number of thiocarbonyl (C=S) groups is 1. The minimum absolute atomic E-state index is 0.435. The van der Waals surface area contributed by atoms with E-state index in [1.807, 2.05) is 42.5 Å². The van der Waals surface area contributed by atoms with E-state index in [-0.39, 0.29) is 0 Å². The third-order valence-corrected chi connectivity index (χ3v) is 3.16. The number of methoxy groups -OCH3 is 1. The van der Waals surface area contributed by atoms with Crippen LogP contribution in [-0.4, -0.2) is 22.1 Å². The van der Waals surface area contributed by atoms with Gasteiger partial charge < -0.3 is 4.74 Å². The normalized spacial score (nSPS) is 10.7. The first-order chi connectivity index (χ1) is 8.79. The molecule has 0 aliphatic heterocycles. The van der Waals surface area contributed by atoms with E-state index in [1.165, 1.54) is 0 Å². The Labute approximate surface area is 109 Å². The van der Waals surface area contributed by atoms with Gasteiger partial charge in [0, 0.05) is 0 Å². The molecule has 18 heavy (non-hydrogen) atoms. The second kappa shape index (κ2) is 4.31. The maximum Gasteiger partial charge on any atom is 0.193 e. The van der Waals surface area contributed by atoms with Gasteiger partial charge in [0.1, 0.15) is 5.52 Å². The van der Waals surface area contributed by atoms with Gasteiger partial charge in [0.2, 0.25) is 0 Å². The number of benzene rings is 2. The molecule has 1 aromatic heterocycles. The van der Waals surface area contributed by atoms with Crippen LogP contribution in [0.5, 0.6) is 0 Å². The molecule has 1 heterocycles. The number of hydrogen-bond donors (Lipinski definition) is 0. The molecular weight excluding hydrogens is 244 g/mol. The third-order valence-electron chi connectivity index (χ3n) is 2.77. The quantitative estimate of drug-likeness (QED) is 0.494. The Balaban J connectivity index is 2.39. The van der Waals surface area contributed by atoms with Crippen molar-refractivity contribution in [2.45, 2.75) is 0 Å². The van der Waals surface area contributed by atoms with Crippen molar-refractivity contribution in [3.63, 3.8) is 0 Å². The smallest absolute Gasteiger partial charge is 0.193 e. The molecule has 0 saturated carbocycles. The molecule has 0 N–H and O–H groups in total. The van der Waals surface area contributed by atoms with Crippen molar-refractivity contribution in [3.8, 4) is 0 Å². The molecule has 0 unspecified atom stereocenters. The lowest BCUT2D eigenvalue weighted by Crippen LogP contribution is -2.02. The number of rotatable bonds is 1. The van der Waals surface area contributed by atoms with Crippen LogP contribution in [0.1, 0.15) is 5.56 Å². The van der Waals surface area contributed by atoms with Crippen LogP contribution in [0, 0.1) is 0 Å². The summed E-state index contributed by atoms with van der Waals surface area (Å²) in [5.41, 5.74) is 4.15. The van der Waals surface area contributed by atoms with Crippen molar-refractivity contribution in [2.24, 2.45) is 0 Å². The molecule has 2 aromatic carbocycles. The van der Waals surface area contributed by atoms with Gasteiger partial charge in [-0.05, 0) is 36.5 Å². The van der Waals surface area contributed by atoms with Gasteiger partial charge in [-0.2, -0.15) is 0 Å². The second-order valence-electron chi connectivity index (χ2n) is 3.88. The van der Waals surface area contributed by atoms with Gasteiger partial charge in [-0.15, -0.1) is 0 Å². The topological polar surface area (TPSA) is 35.0 Å². The molecule has 3 rings (SSSR count). The van der Waals surface area contributed by atoms with Crippen LogP contribution in [0.2, 0.25) is 0 Å². The molecule has 0 atom stereocenters. The number of nitrogens with zero attached hydrogens (tertiary/aromatic N) is 2. The Hall–Kier alpha value is -2.07. The highest BCUT2D eigenvalue weighted by Gasteiger charge is 2.09. The maximum atomic E-state index is 5.18. The lowest BCUT2D eigenvalue weighted by atomic mass is 10.1. The Bertz CT molecular complexity index is 755. The van der Waals surface area contributed by atoms with Crippen molar-refractivity contribution >= 4 is 39.3 Å². The maximum absolute atomic E-state index is 5.18. The van der Waals surface area contributed by atoms with Crippen molar-refractivity contribution in [3.05, 3.63) is 48.0 Å². The predicted octanol–water partition coefficient (Wildman–Crippen LogP) is 3.10. The third kappa shape index (κ3) is 1.71. The van der Waals surface area contributed by atoms with E-state index in [1.54, 1.807) is 7.11 Å². The van der Waals surface area contributed by atoms with Crippen LogP contribution in [-0.2, 0) is 4.74 Å². The SMILES string of the molecule is COC(=S)c1cccc2nc3ccccc3nc12. The van der Waals surface area contributed by atoms with Gasteiger partial charge in [0.15, 0.2) is 5.05 Å². The molecule has 88 valence electrons. The summed E-state index contributed by atoms with van der Waals surface area (Å²) < 4.78 is 5.12. The summed E-state index contributed by atoms with van der Waals surface area (Å²) in [6.45, 7) is 0. The van der Waals surface area contributed by atoms with Gasteiger partial charge in [-0.1, -0.05) is 18.2 Å². The summed E-state index contributed by atoms with van der Waals surface area (Å²) in [6, 6.07) is 13.5. The fourth-order valence-corrected chi connectivity index (χ4v) is 2.08. The van der Waals surface area contributed by atoms with E-state index in [4.69, 9.17) is 17.0 Å². The highest BCUT2D eigenvalue weighted by atomic mass is 32.1. The molecule has 0 amide bonds. The molecule has 0 radical (unpaired) electrons. The summed E-state index contributed by atoms with van der Waals surface area (Å²) in [5, 5.41) is 0.435. The lowest BCUT2D eigenvalue weighted by molar-refractivity contribution is 0.416. The Morgan fingerprint density at radius 2 is 1.61 bits per heavy atom. The summed E-state index contributed by atoms with van der Waals surface area (Å²) in [4.78, 5) is 9.19. The van der Waals surface area contributed by atoms with Crippen LogP contribution in [0.15, 0.2) is 42.5 Å². The van der Waals surface area contributed by atoms with E-state index >= 15 is 0 Å². The second-order valence-corrected chi connectivity index (χ2v) is 4.25. The molecule has 3 nitrogen and oxygen atoms in total. The molecule has 0 aliphatic carbocycles. The van der Waals surface area contributed by atoms with Crippen LogP contribution in [0.3, 0.4) is 0 Å². The highest BCUT2D eigenvalue weighted by molar-refractivity contribution is 7.80.